The number of likely N-dealkylation sites (tertiary alicyclic amines) is 1. The molecule has 1 saturated heterocycles. The van der Waals surface area contributed by atoms with Gasteiger partial charge in [-0.3, -0.25) is 4.40 Å². The molecule has 8 heteroatoms. The van der Waals surface area contributed by atoms with Crippen molar-refractivity contribution in [2.75, 3.05) is 18.4 Å². The van der Waals surface area contributed by atoms with E-state index in [4.69, 9.17) is 9.40 Å². The van der Waals surface area contributed by atoms with E-state index in [1.54, 1.807) is 30.8 Å². The van der Waals surface area contributed by atoms with Crippen molar-refractivity contribution in [2.45, 2.75) is 46.1 Å². The zero-order valence-electron chi connectivity index (χ0n) is 20.0. The third kappa shape index (κ3) is 4.81. The fourth-order valence-electron chi connectivity index (χ4n) is 4.15. The predicted octanol–water partition coefficient (Wildman–Crippen LogP) is 6.02. The van der Waals surface area contributed by atoms with Crippen LogP contribution in [0.4, 0.5) is 10.3 Å². The lowest BCUT2D eigenvalue weighted by Crippen LogP contribution is -2.38. The van der Waals surface area contributed by atoms with E-state index < -0.39 is 0 Å². The number of aromatic nitrogens is 4. The first-order valence-corrected chi connectivity index (χ1v) is 11.9. The van der Waals surface area contributed by atoms with Crippen LogP contribution >= 0.6 is 0 Å². The van der Waals surface area contributed by atoms with E-state index in [1.807, 2.05) is 24.3 Å². The Morgan fingerprint density at radius 3 is 2.59 bits per heavy atom. The lowest BCUT2D eigenvalue weighted by molar-refractivity contribution is 0.266. The molecule has 0 spiro atoms. The molecule has 1 aliphatic heterocycles. The second kappa shape index (κ2) is 10.5. The summed E-state index contributed by atoms with van der Waals surface area (Å²) in [5, 5.41) is 3.49. The maximum Gasteiger partial charge on any atom is 0.306 e. The minimum Gasteiger partial charge on any atom is -0.432 e. The zero-order valence-corrected chi connectivity index (χ0v) is 20.0. The summed E-state index contributed by atoms with van der Waals surface area (Å²) < 4.78 is 20.8. The number of imidazole rings is 1. The topological polar surface area (TPSA) is 71.5 Å². The number of piperidine rings is 1. The molecule has 1 N–H and O–H groups in total. The highest BCUT2D eigenvalue weighted by Gasteiger charge is 2.22. The molecule has 5 rings (SSSR count). The van der Waals surface area contributed by atoms with Gasteiger partial charge in [-0.2, -0.15) is 4.98 Å². The first-order valence-electron chi connectivity index (χ1n) is 11.9. The van der Waals surface area contributed by atoms with Gasteiger partial charge < -0.3 is 14.6 Å². The molecule has 0 radical (unpaired) electrons. The Kier molecular flexibility index (Phi) is 7.25. The summed E-state index contributed by atoms with van der Waals surface area (Å²) in [6, 6.07) is 8.42. The average molecular weight is 463 g/mol. The molecule has 1 fully saturated rings. The van der Waals surface area contributed by atoms with Crippen molar-refractivity contribution < 1.29 is 8.81 Å². The number of halogens is 1. The van der Waals surface area contributed by atoms with E-state index in [1.165, 1.54) is 17.8 Å². The van der Waals surface area contributed by atoms with Crippen LogP contribution in [0.25, 0.3) is 28.5 Å². The van der Waals surface area contributed by atoms with Crippen LogP contribution in [-0.4, -0.2) is 43.4 Å². The van der Waals surface area contributed by atoms with Gasteiger partial charge in [0, 0.05) is 42.8 Å². The molecule has 0 aliphatic carbocycles. The maximum absolute atomic E-state index is 13.5. The van der Waals surface area contributed by atoms with Crippen molar-refractivity contribution in [3.8, 4) is 22.6 Å². The molecule has 0 atom stereocenters. The summed E-state index contributed by atoms with van der Waals surface area (Å²) in [7, 11) is 0. The molecule has 0 unspecified atom stereocenters. The van der Waals surface area contributed by atoms with Crippen molar-refractivity contribution >= 4 is 11.8 Å². The van der Waals surface area contributed by atoms with Crippen molar-refractivity contribution in [1.82, 2.24) is 24.3 Å². The Hall–Kier alpha value is -3.68. The highest BCUT2D eigenvalue weighted by atomic mass is 19.1. The van der Waals surface area contributed by atoms with Crippen molar-refractivity contribution in [1.29, 1.82) is 0 Å². The number of anilines is 1. The Balaban J connectivity index is 0.00000133. The highest BCUT2D eigenvalue weighted by Crippen LogP contribution is 2.32. The number of nitrogens with one attached hydrogen (secondary N) is 1. The number of fused-ring (bicyclic) bond motifs is 1. The Labute approximate surface area is 199 Å². The van der Waals surface area contributed by atoms with Crippen LogP contribution in [-0.2, 0) is 0 Å². The van der Waals surface area contributed by atoms with Gasteiger partial charge in [0.05, 0.1) is 5.69 Å². The Bertz CT molecular complexity index is 1240. The standard InChI is InChI=1S/C24H25FN6O.C2H6/c1-3-16(2)30-12-9-19(10-13-30)27-23-26-11-8-20(28-23)22-21(17-4-6-18(25)7-5-17)29-24-31(22)14-15-32-24;1-2/h4-8,11,14-15,19H,2-3,9-10,12-13H2,1H3,(H,26,27,28);1-2H3. The first-order chi connectivity index (χ1) is 16.6. The van der Waals surface area contributed by atoms with Crippen molar-refractivity contribution in [3.63, 3.8) is 0 Å². The van der Waals surface area contributed by atoms with Gasteiger partial charge in [0.2, 0.25) is 5.95 Å². The summed E-state index contributed by atoms with van der Waals surface area (Å²) in [5.41, 5.74) is 4.16. The molecule has 0 saturated carbocycles. The molecule has 3 aromatic heterocycles. The number of rotatable bonds is 6. The Morgan fingerprint density at radius 2 is 1.88 bits per heavy atom. The largest absolute Gasteiger partial charge is 0.432 e. The van der Waals surface area contributed by atoms with Gasteiger partial charge in [-0.1, -0.05) is 27.4 Å². The lowest BCUT2D eigenvalue weighted by atomic mass is 10.0. The van der Waals surface area contributed by atoms with Crippen LogP contribution in [0.1, 0.15) is 40.0 Å². The Morgan fingerprint density at radius 1 is 1.15 bits per heavy atom. The second-order valence-corrected chi connectivity index (χ2v) is 7.96. The van der Waals surface area contributed by atoms with Crippen LogP contribution in [0.5, 0.6) is 0 Å². The van der Waals surface area contributed by atoms with Gasteiger partial charge >= 0.3 is 5.84 Å². The molecule has 0 bridgehead atoms. The van der Waals surface area contributed by atoms with Gasteiger partial charge in [0.1, 0.15) is 23.5 Å². The van der Waals surface area contributed by atoms with Crippen LogP contribution in [0.3, 0.4) is 0 Å². The number of hydrogen-bond donors (Lipinski definition) is 1. The van der Waals surface area contributed by atoms with Crippen LogP contribution < -0.4 is 5.32 Å². The smallest absolute Gasteiger partial charge is 0.306 e. The van der Waals surface area contributed by atoms with Gasteiger partial charge in [-0.25, -0.2) is 14.4 Å². The number of allylic oxidation sites excluding steroid dienone is 1. The van der Waals surface area contributed by atoms with Crippen molar-refractivity contribution in [3.05, 3.63) is 67.1 Å². The van der Waals surface area contributed by atoms with Crippen LogP contribution in [0.2, 0.25) is 0 Å². The molecule has 7 nitrogen and oxygen atoms in total. The van der Waals surface area contributed by atoms with Gasteiger partial charge in [-0.15, -0.1) is 0 Å². The fraction of sp³-hybridized carbons (Fsp3) is 0.346. The summed E-state index contributed by atoms with van der Waals surface area (Å²) in [5.74, 6) is 0.745. The maximum atomic E-state index is 13.5. The third-order valence-corrected chi connectivity index (χ3v) is 5.96. The zero-order chi connectivity index (χ0) is 24.1. The minimum absolute atomic E-state index is 0.291. The van der Waals surface area contributed by atoms with Crippen LogP contribution in [0.15, 0.2) is 65.7 Å². The molecule has 34 heavy (non-hydrogen) atoms. The molecular formula is C26H31FN6O. The number of hydrogen-bond acceptors (Lipinski definition) is 6. The fourth-order valence-corrected chi connectivity index (χ4v) is 4.15. The molecule has 178 valence electrons. The minimum atomic E-state index is -0.291. The molecule has 1 aliphatic rings. The van der Waals surface area contributed by atoms with E-state index in [2.05, 4.69) is 33.7 Å². The SMILES string of the molecule is C=C(CC)N1CCC(Nc2nccc(-c3c(-c4ccc(F)cc4)nc4occn34)n2)CC1.CC. The summed E-state index contributed by atoms with van der Waals surface area (Å²) in [6.07, 6.45) is 8.12. The predicted molar refractivity (Wildman–Crippen MR) is 133 cm³/mol. The first kappa shape index (κ1) is 23.5. The molecular weight excluding hydrogens is 431 g/mol. The molecule has 1 aromatic carbocycles. The molecule has 4 heterocycles. The van der Waals surface area contributed by atoms with Gasteiger partial charge in [0.15, 0.2) is 0 Å². The summed E-state index contributed by atoms with van der Waals surface area (Å²) in [6.45, 7) is 12.3. The van der Waals surface area contributed by atoms with E-state index in [0.29, 0.717) is 29.2 Å². The monoisotopic (exact) mass is 462 g/mol. The summed E-state index contributed by atoms with van der Waals surface area (Å²) >= 11 is 0. The third-order valence-electron chi connectivity index (χ3n) is 5.96. The molecule has 0 amide bonds. The van der Waals surface area contributed by atoms with E-state index in [9.17, 15) is 4.39 Å². The van der Waals surface area contributed by atoms with E-state index in [-0.39, 0.29) is 5.82 Å². The number of benzene rings is 1. The van der Waals surface area contributed by atoms with Gasteiger partial charge in [-0.05, 0) is 49.6 Å². The quantitative estimate of drug-likeness (QED) is 0.378. The van der Waals surface area contributed by atoms with Crippen LogP contribution in [0, 0.1) is 5.82 Å². The van der Waals surface area contributed by atoms with E-state index in [0.717, 1.165) is 43.6 Å². The lowest BCUT2D eigenvalue weighted by Gasteiger charge is -2.34. The van der Waals surface area contributed by atoms with E-state index >= 15 is 0 Å². The molecule has 4 aromatic rings. The second-order valence-electron chi connectivity index (χ2n) is 7.96. The number of nitrogens with zero attached hydrogens (tertiary/aromatic N) is 5. The van der Waals surface area contributed by atoms with Gasteiger partial charge in [0.25, 0.3) is 0 Å². The van der Waals surface area contributed by atoms with Crippen molar-refractivity contribution in [2.24, 2.45) is 0 Å². The average Bonchev–Trinajstić information content (AvgIpc) is 3.47. The number of oxazole rings is 1. The highest BCUT2D eigenvalue weighted by molar-refractivity contribution is 5.79. The summed E-state index contributed by atoms with van der Waals surface area (Å²) in [4.78, 5) is 16.2. The normalized spacial score (nSPS) is 14.1.